The lowest BCUT2D eigenvalue weighted by Gasteiger charge is -2.17. The fraction of sp³-hybridized carbons (Fsp3) is 0.278. The average Bonchev–Trinajstić information content (AvgIpc) is 2.60. The Morgan fingerprint density at radius 3 is 2.32 bits per heavy atom. The van der Waals surface area contributed by atoms with Gasteiger partial charge in [-0.25, -0.2) is 13.6 Å². The van der Waals surface area contributed by atoms with Gasteiger partial charge in [0, 0.05) is 6.54 Å². The standard InChI is InChI=1S/C18H22N2O4S/c1-2-17(24-15-6-4-3-5-7-15)18(21)20-13-12-14-8-10-16(11-9-14)25(19,22)23/h3-11,17H,2,12-13H2,1H3,(H,20,21)(H2,19,22,23). The number of hydrogen-bond donors (Lipinski definition) is 2. The predicted molar refractivity (Wildman–Crippen MR) is 95.7 cm³/mol. The van der Waals surface area contributed by atoms with E-state index >= 15 is 0 Å². The molecule has 1 amide bonds. The van der Waals surface area contributed by atoms with Crippen LogP contribution in [0.25, 0.3) is 0 Å². The molecule has 1 atom stereocenters. The van der Waals surface area contributed by atoms with Crippen LogP contribution in [-0.2, 0) is 21.2 Å². The normalized spacial score (nSPS) is 12.4. The van der Waals surface area contributed by atoms with E-state index in [1.165, 1.54) is 12.1 Å². The van der Waals surface area contributed by atoms with Gasteiger partial charge in [0.05, 0.1) is 4.90 Å². The zero-order valence-electron chi connectivity index (χ0n) is 14.0. The van der Waals surface area contributed by atoms with Gasteiger partial charge >= 0.3 is 0 Å². The van der Waals surface area contributed by atoms with Gasteiger partial charge in [0.15, 0.2) is 6.10 Å². The van der Waals surface area contributed by atoms with Gasteiger partial charge in [-0.1, -0.05) is 37.3 Å². The molecule has 7 heteroatoms. The van der Waals surface area contributed by atoms with Crippen LogP contribution in [0.2, 0.25) is 0 Å². The van der Waals surface area contributed by atoms with Crippen molar-refractivity contribution in [3.8, 4) is 5.75 Å². The summed E-state index contributed by atoms with van der Waals surface area (Å²) in [7, 11) is -3.68. The van der Waals surface area contributed by atoms with E-state index in [2.05, 4.69) is 5.32 Å². The molecule has 1 unspecified atom stereocenters. The third-order valence-electron chi connectivity index (χ3n) is 3.65. The summed E-state index contributed by atoms with van der Waals surface area (Å²) in [5.41, 5.74) is 0.907. The van der Waals surface area contributed by atoms with Crippen molar-refractivity contribution < 1.29 is 17.9 Å². The van der Waals surface area contributed by atoms with E-state index < -0.39 is 16.1 Å². The third kappa shape index (κ3) is 5.88. The van der Waals surface area contributed by atoms with Crippen molar-refractivity contribution in [3.05, 3.63) is 60.2 Å². The predicted octanol–water partition coefficient (Wildman–Crippen LogP) is 1.85. The molecule has 0 fully saturated rings. The maximum absolute atomic E-state index is 12.2. The number of primary sulfonamides is 1. The van der Waals surface area contributed by atoms with E-state index in [-0.39, 0.29) is 10.8 Å². The minimum atomic E-state index is -3.68. The topological polar surface area (TPSA) is 98.5 Å². The maximum atomic E-state index is 12.2. The molecule has 0 saturated carbocycles. The summed E-state index contributed by atoms with van der Waals surface area (Å²) >= 11 is 0. The van der Waals surface area contributed by atoms with Crippen molar-refractivity contribution in [3.63, 3.8) is 0 Å². The highest BCUT2D eigenvalue weighted by atomic mass is 32.2. The van der Waals surface area contributed by atoms with Gasteiger partial charge in [-0.2, -0.15) is 0 Å². The van der Waals surface area contributed by atoms with E-state index in [1.807, 2.05) is 37.3 Å². The third-order valence-corrected chi connectivity index (χ3v) is 4.58. The van der Waals surface area contributed by atoms with Crippen molar-refractivity contribution in [1.82, 2.24) is 5.32 Å². The molecule has 0 aromatic heterocycles. The van der Waals surface area contributed by atoms with Crippen LogP contribution < -0.4 is 15.2 Å². The number of ether oxygens (including phenoxy) is 1. The number of nitrogens with one attached hydrogen (secondary N) is 1. The number of carbonyl (C=O) groups is 1. The molecule has 0 saturated heterocycles. The SMILES string of the molecule is CCC(Oc1ccccc1)C(=O)NCCc1ccc(S(N)(=O)=O)cc1. The summed E-state index contributed by atoms with van der Waals surface area (Å²) in [6, 6.07) is 15.5. The lowest BCUT2D eigenvalue weighted by molar-refractivity contribution is -0.128. The molecular formula is C18H22N2O4S. The monoisotopic (exact) mass is 362 g/mol. The molecular weight excluding hydrogens is 340 g/mol. The fourth-order valence-corrected chi connectivity index (χ4v) is 2.79. The van der Waals surface area contributed by atoms with Crippen LogP contribution in [0.1, 0.15) is 18.9 Å². The number of hydrogen-bond acceptors (Lipinski definition) is 4. The summed E-state index contributed by atoms with van der Waals surface area (Å²) in [5, 5.41) is 7.90. The number of sulfonamides is 1. The average molecular weight is 362 g/mol. The Hall–Kier alpha value is -2.38. The quantitative estimate of drug-likeness (QED) is 0.749. The molecule has 0 spiro atoms. The van der Waals surface area contributed by atoms with Gasteiger partial charge in [0.1, 0.15) is 5.75 Å². The van der Waals surface area contributed by atoms with Crippen LogP contribution in [0.5, 0.6) is 5.75 Å². The molecule has 0 heterocycles. The summed E-state index contributed by atoms with van der Waals surface area (Å²) in [4.78, 5) is 12.3. The lowest BCUT2D eigenvalue weighted by atomic mass is 10.1. The second-order valence-electron chi connectivity index (χ2n) is 5.56. The molecule has 6 nitrogen and oxygen atoms in total. The summed E-state index contributed by atoms with van der Waals surface area (Å²) in [6.07, 6.45) is 0.592. The van der Waals surface area contributed by atoms with Gasteiger partial charge < -0.3 is 10.1 Å². The van der Waals surface area contributed by atoms with Gasteiger partial charge in [0.25, 0.3) is 5.91 Å². The first kappa shape index (κ1) is 19.0. The zero-order valence-corrected chi connectivity index (χ0v) is 14.8. The van der Waals surface area contributed by atoms with Gasteiger partial charge in [-0.3, -0.25) is 4.79 Å². The van der Waals surface area contributed by atoms with Crippen molar-refractivity contribution in [2.24, 2.45) is 5.14 Å². The smallest absolute Gasteiger partial charge is 0.261 e. The second kappa shape index (κ2) is 8.64. The first-order chi connectivity index (χ1) is 11.9. The highest BCUT2D eigenvalue weighted by Gasteiger charge is 2.17. The van der Waals surface area contributed by atoms with Crippen LogP contribution >= 0.6 is 0 Å². The van der Waals surface area contributed by atoms with E-state index in [1.54, 1.807) is 12.1 Å². The van der Waals surface area contributed by atoms with Crippen molar-refractivity contribution in [2.45, 2.75) is 30.8 Å². The molecule has 0 aliphatic rings. The first-order valence-corrected chi connectivity index (χ1v) is 9.56. The van der Waals surface area contributed by atoms with E-state index in [0.29, 0.717) is 25.1 Å². The highest BCUT2D eigenvalue weighted by Crippen LogP contribution is 2.13. The van der Waals surface area contributed by atoms with Crippen LogP contribution in [0, 0.1) is 0 Å². The minimum absolute atomic E-state index is 0.0718. The molecule has 2 aromatic rings. The Kier molecular flexibility index (Phi) is 6.55. The molecule has 0 aliphatic carbocycles. The molecule has 134 valence electrons. The number of para-hydroxylation sites is 1. The van der Waals surface area contributed by atoms with Gasteiger partial charge in [-0.05, 0) is 42.7 Å². The summed E-state index contributed by atoms with van der Waals surface area (Å²) in [6.45, 7) is 2.32. The van der Waals surface area contributed by atoms with Crippen molar-refractivity contribution >= 4 is 15.9 Å². The largest absolute Gasteiger partial charge is 0.481 e. The van der Waals surface area contributed by atoms with Crippen molar-refractivity contribution in [2.75, 3.05) is 6.54 Å². The molecule has 25 heavy (non-hydrogen) atoms. The molecule has 2 aromatic carbocycles. The zero-order chi connectivity index (χ0) is 18.3. The fourth-order valence-electron chi connectivity index (χ4n) is 2.28. The van der Waals surface area contributed by atoms with E-state index in [9.17, 15) is 13.2 Å². The van der Waals surface area contributed by atoms with Gasteiger partial charge in [-0.15, -0.1) is 0 Å². The van der Waals surface area contributed by atoms with Crippen molar-refractivity contribution in [1.29, 1.82) is 0 Å². The second-order valence-corrected chi connectivity index (χ2v) is 7.12. The Balaban J connectivity index is 1.84. The Labute approximate surface area is 148 Å². The molecule has 3 N–H and O–H groups in total. The Morgan fingerprint density at radius 2 is 1.76 bits per heavy atom. The van der Waals surface area contributed by atoms with Crippen LogP contribution in [-0.4, -0.2) is 27.0 Å². The highest BCUT2D eigenvalue weighted by molar-refractivity contribution is 7.89. The number of nitrogens with two attached hydrogens (primary N) is 1. The van der Waals surface area contributed by atoms with E-state index in [0.717, 1.165) is 5.56 Å². The molecule has 0 radical (unpaired) electrons. The van der Waals surface area contributed by atoms with Crippen LogP contribution in [0.15, 0.2) is 59.5 Å². The number of carbonyl (C=O) groups excluding carboxylic acids is 1. The Morgan fingerprint density at radius 1 is 1.12 bits per heavy atom. The van der Waals surface area contributed by atoms with Gasteiger partial charge in [0.2, 0.25) is 10.0 Å². The van der Waals surface area contributed by atoms with E-state index in [4.69, 9.17) is 9.88 Å². The number of rotatable bonds is 8. The summed E-state index contributed by atoms with van der Waals surface area (Å²) in [5.74, 6) is 0.482. The minimum Gasteiger partial charge on any atom is -0.481 e. The lowest BCUT2D eigenvalue weighted by Crippen LogP contribution is -2.38. The molecule has 0 bridgehead atoms. The number of benzene rings is 2. The van der Waals surface area contributed by atoms with Crippen LogP contribution in [0.4, 0.5) is 0 Å². The first-order valence-electron chi connectivity index (χ1n) is 8.01. The Bertz CT molecular complexity index is 790. The number of amides is 1. The molecule has 2 rings (SSSR count). The molecule has 0 aliphatic heterocycles. The summed E-state index contributed by atoms with van der Waals surface area (Å²) < 4.78 is 28.1. The maximum Gasteiger partial charge on any atom is 0.261 e. The van der Waals surface area contributed by atoms with Crippen LogP contribution in [0.3, 0.4) is 0 Å².